The topological polar surface area (TPSA) is 70.6 Å². The van der Waals surface area contributed by atoms with Gasteiger partial charge in [-0.1, -0.05) is 41.9 Å². The highest BCUT2D eigenvalue weighted by molar-refractivity contribution is 6.31. The molecule has 1 aliphatic carbocycles. The summed E-state index contributed by atoms with van der Waals surface area (Å²) in [6.45, 7) is 1.82. The van der Waals surface area contributed by atoms with Crippen LogP contribution in [0.1, 0.15) is 36.5 Å². The molecule has 0 fully saturated rings. The Kier molecular flexibility index (Phi) is 5.30. The Balaban J connectivity index is 1.74. The van der Waals surface area contributed by atoms with E-state index in [1.807, 2.05) is 24.3 Å². The molecule has 2 aromatic carbocycles. The summed E-state index contributed by atoms with van der Waals surface area (Å²) in [6.07, 6.45) is 4.61. The molecule has 4 N–H and O–H groups in total. The maximum atomic E-state index is 10.7. The van der Waals surface area contributed by atoms with Crippen molar-refractivity contribution >= 4 is 23.2 Å². The molecular formula is C20H24ClN3O. The third-order valence-electron chi connectivity index (χ3n) is 4.67. The van der Waals surface area contributed by atoms with Crippen LogP contribution in [0.5, 0.6) is 0 Å². The van der Waals surface area contributed by atoms with E-state index in [9.17, 15) is 5.11 Å². The summed E-state index contributed by atoms with van der Waals surface area (Å²) in [4.78, 5) is 4.33. The summed E-state index contributed by atoms with van der Waals surface area (Å²) >= 11 is 6.18. The Morgan fingerprint density at radius 2 is 1.96 bits per heavy atom. The SMILES string of the molecule is CC(O)(CN=C(N)Nc1cccc2c1CCCC2)c1ccccc1Cl. The molecule has 0 radical (unpaired) electrons. The number of nitrogens with one attached hydrogen (secondary N) is 1. The molecule has 1 unspecified atom stereocenters. The Bertz CT molecular complexity index is 786. The van der Waals surface area contributed by atoms with E-state index < -0.39 is 5.60 Å². The van der Waals surface area contributed by atoms with Crippen molar-refractivity contribution in [3.8, 4) is 0 Å². The molecule has 0 heterocycles. The van der Waals surface area contributed by atoms with E-state index in [-0.39, 0.29) is 6.54 Å². The van der Waals surface area contributed by atoms with Crippen LogP contribution >= 0.6 is 11.6 Å². The Morgan fingerprint density at radius 1 is 1.20 bits per heavy atom. The van der Waals surface area contributed by atoms with Crippen molar-refractivity contribution in [1.29, 1.82) is 0 Å². The number of hydrogen-bond acceptors (Lipinski definition) is 2. The molecule has 0 saturated carbocycles. The minimum Gasteiger partial charge on any atom is -0.383 e. The number of aryl methyl sites for hydroxylation is 1. The van der Waals surface area contributed by atoms with Gasteiger partial charge in [0.05, 0.1) is 6.54 Å². The fourth-order valence-corrected chi connectivity index (χ4v) is 3.64. The maximum Gasteiger partial charge on any atom is 0.193 e. The standard InChI is InChI=1S/C20H24ClN3O/c1-20(25,16-10-4-5-11-17(16)21)13-23-19(22)24-18-12-6-8-14-7-2-3-9-15(14)18/h4-6,8,10-12,25H,2-3,7,9,13H2,1H3,(H3,22,23,24). The van der Waals surface area contributed by atoms with E-state index in [1.54, 1.807) is 19.1 Å². The van der Waals surface area contributed by atoms with E-state index >= 15 is 0 Å². The molecule has 0 spiro atoms. The number of guanidine groups is 1. The smallest absolute Gasteiger partial charge is 0.193 e. The monoisotopic (exact) mass is 357 g/mol. The number of fused-ring (bicyclic) bond motifs is 1. The third-order valence-corrected chi connectivity index (χ3v) is 5.00. The highest BCUT2D eigenvalue weighted by Crippen LogP contribution is 2.29. The van der Waals surface area contributed by atoms with Crippen molar-refractivity contribution in [2.75, 3.05) is 11.9 Å². The number of aliphatic hydroxyl groups is 1. The first kappa shape index (κ1) is 17.8. The van der Waals surface area contributed by atoms with Gasteiger partial charge in [-0.15, -0.1) is 0 Å². The summed E-state index contributed by atoms with van der Waals surface area (Å²) in [5.41, 5.74) is 9.24. The first-order valence-electron chi connectivity index (χ1n) is 8.62. The minimum atomic E-state index is -1.18. The second-order valence-electron chi connectivity index (χ2n) is 6.73. The Morgan fingerprint density at radius 3 is 2.76 bits per heavy atom. The van der Waals surface area contributed by atoms with Crippen molar-refractivity contribution in [3.63, 3.8) is 0 Å². The van der Waals surface area contributed by atoms with Crippen LogP contribution < -0.4 is 11.1 Å². The van der Waals surface area contributed by atoms with E-state index in [4.69, 9.17) is 17.3 Å². The van der Waals surface area contributed by atoms with Gasteiger partial charge in [-0.2, -0.15) is 0 Å². The largest absolute Gasteiger partial charge is 0.383 e. The van der Waals surface area contributed by atoms with Gasteiger partial charge in [0.1, 0.15) is 5.60 Å². The fraction of sp³-hybridized carbons (Fsp3) is 0.350. The second-order valence-corrected chi connectivity index (χ2v) is 7.14. The minimum absolute atomic E-state index is 0.130. The number of nitrogens with two attached hydrogens (primary N) is 1. The molecule has 0 aromatic heterocycles. The van der Waals surface area contributed by atoms with Gasteiger partial charge < -0.3 is 16.2 Å². The van der Waals surface area contributed by atoms with Crippen molar-refractivity contribution in [1.82, 2.24) is 0 Å². The van der Waals surface area contributed by atoms with Gasteiger partial charge in [-0.25, -0.2) is 4.99 Å². The van der Waals surface area contributed by atoms with Crippen molar-refractivity contribution in [2.45, 2.75) is 38.2 Å². The lowest BCUT2D eigenvalue weighted by atomic mass is 9.90. The predicted molar refractivity (Wildman–Crippen MR) is 104 cm³/mol. The molecule has 1 aliphatic rings. The third kappa shape index (κ3) is 4.14. The molecule has 3 rings (SSSR count). The molecule has 0 saturated heterocycles. The number of anilines is 1. The number of nitrogens with zero attached hydrogens (tertiary/aromatic N) is 1. The van der Waals surface area contributed by atoms with Crippen LogP contribution in [0.15, 0.2) is 47.5 Å². The average molecular weight is 358 g/mol. The number of halogens is 1. The molecular weight excluding hydrogens is 334 g/mol. The van der Waals surface area contributed by atoms with Crippen molar-refractivity contribution in [3.05, 3.63) is 64.2 Å². The lowest BCUT2D eigenvalue weighted by Gasteiger charge is -2.23. The summed E-state index contributed by atoms with van der Waals surface area (Å²) in [7, 11) is 0. The van der Waals surface area contributed by atoms with Crippen molar-refractivity contribution in [2.24, 2.45) is 10.7 Å². The molecule has 2 aromatic rings. The van der Waals surface area contributed by atoms with Crippen molar-refractivity contribution < 1.29 is 5.11 Å². The van der Waals surface area contributed by atoms with Gasteiger partial charge in [0.2, 0.25) is 0 Å². The molecule has 0 aliphatic heterocycles. The predicted octanol–water partition coefficient (Wildman–Crippen LogP) is 3.85. The Hall–Kier alpha value is -2.04. The van der Waals surface area contributed by atoms with Crippen LogP contribution in [-0.4, -0.2) is 17.6 Å². The number of hydrogen-bond donors (Lipinski definition) is 3. The van der Waals surface area contributed by atoms with Crippen LogP contribution in [0.4, 0.5) is 5.69 Å². The Labute approximate surface area is 153 Å². The van der Waals surface area contributed by atoms with Crippen LogP contribution in [0, 0.1) is 0 Å². The lowest BCUT2D eigenvalue weighted by molar-refractivity contribution is 0.0675. The van der Waals surface area contributed by atoms with Crippen LogP contribution in [-0.2, 0) is 18.4 Å². The zero-order chi connectivity index (χ0) is 17.9. The van der Waals surface area contributed by atoms with E-state index in [2.05, 4.69) is 16.4 Å². The maximum absolute atomic E-state index is 10.7. The highest BCUT2D eigenvalue weighted by Gasteiger charge is 2.25. The summed E-state index contributed by atoms with van der Waals surface area (Å²) in [6, 6.07) is 13.5. The average Bonchev–Trinajstić information content (AvgIpc) is 2.61. The summed E-state index contributed by atoms with van der Waals surface area (Å²) < 4.78 is 0. The van der Waals surface area contributed by atoms with Gasteiger partial charge in [0, 0.05) is 16.3 Å². The van der Waals surface area contributed by atoms with Gasteiger partial charge >= 0.3 is 0 Å². The van der Waals surface area contributed by atoms with Crippen LogP contribution in [0.3, 0.4) is 0 Å². The highest BCUT2D eigenvalue weighted by atomic mass is 35.5. The molecule has 4 nitrogen and oxygen atoms in total. The zero-order valence-corrected chi connectivity index (χ0v) is 15.2. The van der Waals surface area contributed by atoms with E-state index in [1.165, 1.54) is 24.0 Å². The van der Waals surface area contributed by atoms with Gasteiger partial charge in [0.15, 0.2) is 5.96 Å². The number of benzene rings is 2. The normalized spacial score (nSPS) is 16.8. The molecule has 25 heavy (non-hydrogen) atoms. The molecule has 0 amide bonds. The summed E-state index contributed by atoms with van der Waals surface area (Å²) in [5, 5.41) is 14.4. The number of aliphatic imine (C=N–C) groups is 1. The van der Waals surface area contributed by atoms with Gasteiger partial charge in [-0.3, -0.25) is 0 Å². The fourth-order valence-electron chi connectivity index (χ4n) is 3.30. The molecule has 0 bridgehead atoms. The molecule has 132 valence electrons. The lowest BCUT2D eigenvalue weighted by Crippen LogP contribution is -2.30. The first-order valence-corrected chi connectivity index (χ1v) is 9.00. The van der Waals surface area contributed by atoms with Crippen LogP contribution in [0.2, 0.25) is 5.02 Å². The molecule has 5 heteroatoms. The van der Waals surface area contributed by atoms with Gasteiger partial charge in [0.25, 0.3) is 0 Å². The van der Waals surface area contributed by atoms with E-state index in [0.717, 1.165) is 18.5 Å². The quantitative estimate of drug-likeness (QED) is 0.575. The second kappa shape index (κ2) is 7.46. The first-order chi connectivity index (χ1) is 12.0. The zero-order valence-electron chi connectivity index (χ0n) is 14.4. The van der Waals surface area contributed by atoms with Crippen LogP contribution in [0.25, 0.3) is 0 Å². The van der Waals surface area contributed by atoms with Gasteiger partial charge in [-0.05, 0) is 55.9 Å². The number of rotatable bonds is 4. The molecule has 1 atom stereocenters. The van der Waals surface area contributed by atoms with E-state index in [0.29, 0.717) is 16.5 Å². The summed E-state index contributed by atoms with van der Waals surface area (Å²) in [5.74, 6) is 0.298.